The van der Waals surface area contributed by atoms with Crippen LogP contribution in [0.5, 0.6) is 0 Å². The van der Waals surface area contributed by atoms with E-state index in [1.54, 1.807) is 11.3 Å². The van der Waals surface area contributed by atoms with E-state index in [4.69, 9.17) is 0 Å². The highest BCUT2D eigenvalue weighted by Crippen LogP contribution is 2.22. The van der Waals surface area contributed by atoms with Crippen molar-refractivity contribution in [3.05, 3.63) is 38.9 Å². The summed E-state index contributed by atoms with van der Waals surface area (Å²) in [5.74, 6) is 0.717. The number of hydrogen-bond acceptors (Lipinski definition) is 5. The number of hydrogen-bond donors (Lipinski definition) is 1. The van der Waals surface area contributed by atoms with Crippen LogP contribution in [-0.2, 0) is 25.7 Å². The molecule has 3 rings (SSSR count). The van der Waals surface area contributed by atoms with E-state index < -0.39 is 0 Å². The summed E-state index contributed by atoms with van der Waals surface area (Å²) in [5, 5.41) is 5.77. The topological polar surface area (TPSA) is 67.8 Å². The van der Waals surface area contributed by atoms with Gasteiger partial charge in [-0.3, -0.25) is 4.79 Å². The Morgan fingerprint density at radius 3 is 2.96 bits per heavy atom. The standard InChI is InChI=1S/C17H22N4OS/c1-3-5-16-21-14(10-23-16)17(22)18-9-8-15-19-11(2)12-6-4-7-13(12)20-15/h10H,3-9H2,1-2H3,(H,18,22). The van der Waals surface area contributed by atoms with Crippen LogP contribution in [0.25, 0.3) is 0 Å². The molecule has 122 valence electrons. The molecule has 1 amide bonds. The summed E-state index contributed by atoms with van der Waals surface area (Å²) in [6.07, 6.45) is 5.96. The zero-order valence-corrected chi connectivity index (χ0v) is 14.5. The van der Waals surface area contributed by atoms with Crippen LogP contribution in [0.2, 0.25) is 0 Å². The molecule has 2 heterocycles. The van der Waals surface area contributed by atoms with Crippen molar-refractivity contribution in [2.24, 2.45) is 0 Å². The molecular weight excluding hydrogens is 308 g/mol. The highest BCUT2D eigenvalue weighted by atomic mass is 32.1. The van der Waals surface area contributed by atoms with E-state index in [1.807, 2.05) is 5.38 Å². The van der Waals surface area contributed by atoms with Crippen LogP contribution in [0.3, 0.4) is 0 Å². The summed E-state index contributed by atoms with van der Waals surface area (Å²) in [4.78, 5) is 25.7. The predicted octanol–water partition coefficient (Wildman–Crippen LogP) is 2.66. The van der Waals surface area contributed by atoms with Gasteiger partial charge in [-0.25, -0.2) is 15.0 Å². The van der Waals surface area contributed by atoms with Crippen LogP contribution in [0.4, 0.5) is 0 Å². The summed E-state index contributed by atoms with van der Waals surface area (Å²) in [6, 6.07) is 0. The zero-order chi connectivity index (χ0) is 16.2. The Labute approximate surface area is 140 Å². The van der Waals surface area contributed by atoms with Gasteiger partial charge in [-0.15, -0.1) is 11.3 Å². The molecule has 0 aromatic carbocycles. The normalized spacial score (nSPS) is 13.1. The lowest BCUT2D eigenvalue weighted by Crippen LogP contribution is -2.26. The maximum absolute atomic E-state index is 12.1. The van der Waals surface area contributed by atoms with Crippen LogP contribution >= 0.6 is 11.3 Å². The van der Waals surface area contributed by atoms with Crippen LogP contribution in [-0.4, -0.2) is 27.4 Å². The minimum absolute atomic E-state index is 0.110. The molecule has 0 fully saturated rings. The quantitative estimate of drug-likeness (QED) is 0.884. The first-order valence-electron chi connectivity index (χ1n) is 8.25. The highest BCUT2D eigenvalue weighted by Gasteiger charge is 2.17. The number of fused-ring (bicyclic) bond motifs is 1. The molecular formula is C17H22N4OS. The Morgan fingerprint density at radius 2 is 2.13 bits per heavy atom. The minimum atomic E-state index is -0.110. The molecule has 0 bridgehead atoms. The lowest BCUT2D eigenvalue weighted by molar-refractivity contribution is 0.0949. The second kappa shape index (κ2) is 7.17. The second-order valence-corrected chi connectivity index (χ2v) is 6.83. The molecule has 0 radical (unpaired) electrons. The van der Waals surface area contributed by atoms with Crippen molar-refractivity contribution in [3.63, 3.8) is 0 Å². The van der Waals surface area contributed by atoms with Crippen molar-refractivity contribution in [2.75, 3.05) is 6.54 Å². The molecule has 1 N–H and O–H groups in total. The smallest absolute Gasteiger partial charge is 0.270 e. The Morgan fingerprint density at radius 1 is 1.26 bits per heavy atom. The number of carbonyl (C=O) groups excluding carboxylic acids is 1. The van der Waals surface area contributed by atoms with Gasteiger partial charge in [0, 0.05) is 29.7 Å². The maximum Gasteiger partial charge on any atom is 0.270 e. The minimum Gasteiger partial charge on any atom is -0.350 e. The largest absolute Gasteiger partial charge is 0.350 e. The van der Waals surface area contributed by atoms with E-state index in [2.05, 4.69) is 34.1 Å². The number of nitrogens with zero attached hydrogens (tertiary/aromatic N) is 3. The first kappa shape index (κ1) is 16.1. The van der Waals surface area contributed by atoms with Crippen molar-refractivity contribution in [2.45, 2.75) is 52.4 Å². The molecule has 0 atom stereocenters. The average molecular weight is 330 g/mol. The lowest BCUT2D eigenvalue weighted by Gasteiger charge is -2.07. The van der Waals surface area contributed by atoms with Crippen molar-refractivity contribution in [1.29, 1.82) is 0 Å². The number of nitrogens with one attached hydrogen (secondary N) is 1. The third-order valence-corrected chi connectivity index (χ3v) is 4.98. The summed E-state index contributed by atoms with van der Waals surface area (Å²) < 4.78 is 0. The molecule has 2 aromatic rings. The van der Waals surface area contributed by atoms with E-state index in [9.17, 15) is 4.79 Å². The summed E-state index contributed by atoms with van der Waals surface area (Å²) >= 11 is 1.55. The lowest BCUT2D eigenvalue weighted by atomic mass is 10.2. The van der Waals surface area contributed by atoms with Crippen LogP contribution in [0.15, 0.2) is 5.38 Å². The monoisotopic (exact) mass is 330 g/mol. The molecule has 1 aliphatic carbocycles. The van der Waals surface area contributed by atoms with Crippen LogP contribution in [0, 0.1) is 6.92 Å². The SMILES string of the molecule is CCCc1nc(C(=O)NCCc2nc(C)c3c(n2)CCC3)cs1. The Hall–Kier alpha value is -1.82. The fraction of sp³-hybridized carbons (Fsp3) is 0.529. The number of amides is 1. The molecule has 0 saturated heterocycles. The van der Waals surface area contributed by atoms with E-state index in [1.165, 1.54) is 17.7 Å². The number of rotatable bonds is 6. The van der Waals surface area contributed by atoms with Crippen LogP contribution in [0.1, 0.15) is 58.0 Å². The van der Waals surface area contributed by atoms with E-state index in [0.29, 0.717) is 18.7 Å². The van der Waals surface area contributed by atoms with Gasteiger partial charge < -0.3 is 5.32 Å². The van der Waals surface area contributed by atoms with Gasteiger partial charge in [0.1, 0.15) is 11.5 Å². The fourth-order valence-corrected chi connectivity index (χ4v) is 3.80. The van der Waals surface area contributed by atoms with E-state index >= 15 is 0 Å². The molecule has 23 heavy (non-hydrogen) atoms. The summed E-state index contributed by atoms with van der Waals surface area (Å²) in [6.45, 7) is 4.70. The van der Waals surface area contributed by atoms with Gasteiger partial charge in [-0.05, 0) is 44.6 Å². The van der Waals surface area contributed by atoms with Gasteiger partial charge >= 0.3 is 0 Å². The fourth-order valence-electron chi connectivity index (χ4n) is 2.92. The molecule has 0 unspecified atom stereocenters. The third kappa shape index (κ3) is 3.75. The van der Waals surface area contributed by atoms with Gasteiger partial charge in [-0.2, -0.15) is 0 Å². The van der Waals surface area contributed by atoms with Crippen molar-refractivity contribution in [1.82, 2.24) is 20.3 Å². The predicted molar refractivity (Wildman–Crippen MR) is 90.9 cm³/mol. The summed E-state index contributed by atoms with van der Waals surface area (Å²) in [7, 11) is 0. The van der Waals surface area contributed by atoms with Gasteiger partial charge in [0.25, 0.3) is 5.91 Å². The van der Waals surface area contributed by atoms with Crippen LogP contribution < -0.4 is 5.32 Å². The number of thiazole rings is 1. The molecule has 0 aliphatic heterocycles. The first-order chi connectivity index (χ1) is 11.2. The molecule has 0 saturated carbocycles. The van der Waals surface area contributed by atoms with E-state index in [0.717, 1.165) is 42.2 Å². The number of carbonyl (C=O) groups is 1. The first-order valence-corrected chi connectivity index (χ1v) is 9.13. The van der Waals surface area contributed by atoms with E-state index in [-0.39, 0.29) is 5.91 Å². The Kier molecular flexibility index (Phi) is 5.00. The summed E-state index contributed by atoms with van der Waals surface area (Å²) in [5.41, 5.74) is 4.13. The van der Waals surface area contributed by atoms with Gasteiger partial charge in [0.15, 0.2) is 0 Å². The maximum atomic E-state index is 12.1. The highest BCUT2D eigenvalue weighted by molar-refractivity contribution is 7.09. The Balaban J connectivity index is 1.54. The molecule has 2 aromatic heterocycles. The zero-order valence-electron chi connectivity index (χ0n) is 13.7. The van der Waals surface area contributed by atoms with Crippen molar-refractivity contribution >= 4 is 17.2 Å². The molecule has 6 heteroatoms. The van der Waals surface area contributed by atoms with Crippen molar-refractivity contribution < 1.29 is 4.79 Å². The number of aromatic nitrogens is 3. The van der Waals surface area contributed by atoms with Gasteiger partial charge in [-0.1, -0.05) is 6.92 Å². The molecule has 0 spiro atoms. The Bertz CT molecular complexity index is 711. The molecule has 1 aliphatic rings. The number of aryl methyl sites for hydroxylation is 3. The van der Waals surface area contributed by atoms with Gasteiger partial charge in [0.2, 0.25) is 0 Å². The second-order valence-electron chi connectivity index (χ2n) is 5.89. The molecule has 5 nitrogen and oxygen atoms in total. The average Bonchev–Trinajstić information content (AvgIpc) is 3.17. The van der Waals surface area contributed by atoms with Crippen molar-refractivity contribution in [3.8, 4) is 0 Å². The third-order valence-electron chi connectivity index (χ3n) is 4.07. The van der Waals surface area contributed by atoms with Gasteiger partial charge in [0.05, 0.1) is 5.01 Å².